The molecule has 2 aromatic rings. The maximum Gasteiger partial charge on any atom is 0.238 e. The molecule has 0 aromatic heterocycles. The van der Waals surface area contributed by atoms with Crippen molar-refractivity contribution in [2.75, 3.05) is 0 Å². The number of rotatable bonds is 4. The minimum absolute atomic E-state index is 0.000898. The van der Waals surface area contributed by atoms with Crippen LogP contribution in [0, 0.1) is 5.82 Å². The molecule has 2 aromatic carbocycles. The van der Waals surface area contributed by atoms with E-state index in [2.05, 4.69) is 32.1 Å². The van der Waals surface area contributed by atoms with Crippen LogP contribution < -0.4 is 16.2 Å². The minimum Gasteiger partial charge on any atom is -0.351 e. The lowest BCUT2D eigenvalue weighted by Gasteiger charge is -2.11. The number of hydrogen-bond donors (Lipinski definition) is 3. The van der Waals surface area contributed by atoms with Crippen LogP contribution in [0.1, 0.15) is 23.6 Å². The van der Waals surface area contributed by atoms with Gasteiger partial charge in [-0.3, -0.25) is 4.79 Å². The van der Waals surface area contributed by atoms with Crippen molar-refractivity contribution in [3.8, 4) is 0 Å². The van der Waals surface area contributed by atoms with Crippen LogP contribution in [0.2, 0.25) is 0 Å². The molecule has 1 amide bonds. The third-order valence-corrected chi connectivity index (χ3v) is 4.40. The van der Waals surface area contributed by atoms with Crippen LogP contribution >= 0.6 is 15.9 Å². The lowest BCUT2D eigenvalue weighted by atomic mass is 10.0. The van der Waals surface area contributed by atoms with E-state index < -0.39 is 0 Å². The summed E-state index contributed by atoms with van der Waals surface area (Å²) >= 11 is 3.38. The molecule has 6 heteroatoms. The summed E-state index contributed by atoms with van der Waals surface area (Å²) in [7, 11) is 0. The summed E-state index contributed by atoms with van der Waals surface area (Å²) in [6.07, 6.45) is 0.623. The summed E-state index contributed by atoms with van der Waals surface area (Å²) in [5.74, 6) is -0.312. The lowest BCUT2D eigenvalue weighted by molar-refractivity contribution is -0.123. The Morgan fingerprint density at radius 1 is 1.13 bits per heavy atom. The molecule has 23 heavy (non-hydrogen) atoms. The number of halogens is 2. The number of hydrogen-bond acceptors (Lipinski definition) is 3. The van der Waals surface area contributed by atoms with Gasteiger partial charge in [0.25, 0.3) is 0 Å². The predicted molar refractivity (Wildman–Crippen MR) is 89.8 cm³/mol. The van der Waals surface area contributed by atoms with Crippen LogP contribution in [0.25, 0.3) is 0 Å². The Morgan fingerprint density at radius 3 is 2.52 bits per heavy atom. The van der Waals surface area contributed by atoms with Gasteiger partial charge in [-0.05, 0) is 41.8 Å². The molecule has 1 aliphatic heterocycles. The highest BCUT2D eigenvalue weighted by atomic mass is 79.9. The van der Waals surface area contributed by atoms with Crippen LogP contribution in [-0.4, -0.2) is 11.9 Å². The van der Waals surface area contributed by atoms with Crippen molar-refractivity contribution in [3.05, 3.63) is 69.9 Å². The summed E-state index contributed by atoms with van der Waals surface area (Å²) in [6, 6.07) is 13.8. The zero-order chi connectivity index (χ0) is 16.2. The van der Waals surface area contributed by atoms with Crippen LogP contribution in [0.3, 0.4) is 0 Å². The molecule has 120 valence electrons. The Labute approximate surface area is 142 Å². The lowest BCUT2D eigenvalue weighted by Crippen LogP contribution is -2.42. The second-order valence-electron chi connectivity index (χ2n) is 5.53. The first kappa shape index (κ1) is 16.1. The molecular formula is C17H17BrFN3O. The van der Waals surface area contributed by atoms with Gasteiger partial charge in [-0.25, -0.2) is 15.2 Å². The monoisotopic (exact) mass is 377 g/mol. The number of hydrazine groups is 1. The largest absolute Gasteiger partial charge is 0.351 e. The molecule has 2 unspecified atom stereocenters. The van der Waals surface area contributed by atoms with Gasteiger partial charge in [0.15, 0.2) is 0 Å². The Balaban J connectivity index is 1.53. The van der Waals surface area contributed by atoms with Gasteiger partial charge < -0.3 is 5.32 Å². The molecule has 0 bridgehead atoms. The molecule has 0 aliphatic carbocycles. The molecule has 0 radical (unpaired) electrons. The SMILES string of the molecule is O=C(NCc1ccc(Br)cc1)C1CC(c2ccc(F)cc2)NN1. The van der Waals surface area contributed by atoms with E-state index in [1.165, 1.54) is 12.1 Å². The van der Waals surface area contributed by atoms with E-state index >= 15 is 0 Å². The Bertz CT molecular complexity index is 675. The summed E-state index contributed by atoms with van der Waals surface area (Å²) in [5.41, 5.74) is 8.10. The van der Waals surface area contributed by atoms with Gasteiger partial charge in [-0.2, -0.15) is 0 Å². The van der Waals surface area contributed by atoms with Gasteiger partial charge in [-0.1, -0.05) is 40.2 Å². The first-order chi connectivity index (χ1) is 11.1. The van der Waals surface area contributed by atoms with E-state index in [0.29, 0.717) is 13.0 Å². The first-order valence-corrected chi connectivity index (χ1v) is 8.20. The summed E-state index contributed by atoms with van der Waals surface area (Å²) in [5, 5.41) is 2.92. The molecule has 4 nitrogen and oxygen atoms in total. The summed E-state index contributed by atoms with van der Waals surface area (Å²) in [4.78, 5) is 12.2. The molecule has 0 spiro atoms. The Morgan fingerprint density at radius 2 is 1.83 bits per heavy atom. The molecule has 1 heterocycles. The summed E-state index contributed by atoms with van der Waals surface area (Å²) in [6.45, 7) is 0.492. The van der Waals surface area contributed by atoms with Crippen molar-refractivity contribution in [1.29, 1.82) is 0 Å². The average Bonchev–Trinajstić information content (AvgIpc) is 3.05. The fourth-order valence-corrected chi connectivity index (χ4v) is 2.82. The second kappa shape index (κ2) is 7.21. The summed E-state index contributed by atoms with van der Waals surface area (Å²) < 4.78 is 14.0. The topological polar surface area (TPSA) is 53.2 Å². The van der Waals surface area contributed by atoms with E-state index in [-0.39, 0.29) is 23.8 Å². The van der Waals surface area contributed by atoms with Crippen LogP contribution in [0.15, 0.2) is 53.0 Å². The second-order valence-corrected chi connectivity index (χ2v) is 6.44. The maximum atomic E-state index is 13.0. The normalized spacial score (nSPS) is 20.4. The molecule has 1 fully saturated rings. The fourth-order valence-electron chi connectivity index (χ4n) is 2.56. The third kappa shape index (κ3) is 4.16. The van der Waals surface area contributed by atoms with Crippen LogP contribution in [-0.2, 0) is 11.3 Å². The predicted octanol–water partition coefficient (Wildman–Crippen LogP) is 2.81. The molecule has 1 aliphatic rings. The smallest absolute Gasteiger partial charge is 0.238 e. The highest BCUT2D eigenvalue weighted by Crippen LogP contribution is 2.22. The van der Waals surface area contributed by atoms with Crippen molar-refractivity contribution in [3.63, 3.8) is 0 Å². The van der Waals surface area contributed by atoms with E-state index in [1.807, 2.05) is 24.3 Å². The van der Waals surface area contributed by atoms with Gasteiger partial charge >= 0.3 is 0 Å². The van der Waals surface area contributed by atoms with Crippen LogP contribution in [0.5, 0.6) is 0 Å². The average molecular weight is 378 g/mol. The molecule has 3 rings (SSSR count). The highest BCUT2D eigenvalue weighted by molar-refractivity contribution is 9.10. The van der Waals surface area contributed by atoms with E-state index in [4.69, 9.17) is 0 Å². The van der Waals surface area contributed by atoms with Gasteiger partial charge in [0.1, 0.15) is 11.9 Å². The zero-order valence-electron chi connectivity index (χ0n) is 12.4. The minimum atomic E-state index is -0.305. The van der Waals surface area contributed by atoms with E-state index in [9.17, 15) is 9.18 Å². The number of amides is 1. The molecule has 2 atom stereocenters. The molecule has 0 saturated carbocycles. The number of carbonyl (C=O) groups is 1. The Kier molecular flexibility index (Phi) is 5.05. The van der Waals surface area contributed by atoms with Gasteiger partial charge in [0.2, 0.25) is 5.91 Å². The maximum absolute atomic E-state index is 13.0. The molecular weight excluding hydrogens is 361 g/mol. The fraction of sp³-hybridized carbons (Fsp3) is 0.235. The van der Waals surface area contributed by atoms with Crippen molar-refractivity contribution in [2.24, 2.45) is 0 Å². The molecule has 3 N–H and O–H groups in total. The quantitative estimate of drug-likeness (QED) is 0.767. The van der Waals surface area contributed by atoms with Crippen molar-refractivity contribution in [2.45, 2.75) is 25.0 Å². The number of benzene rings is 2. The van der Waals surface area contributed by atoms with Crippen molar-refractivity contribution in [1.82, 2.24) is 16.2 Å². The van der Waals surface area contributed by atoms with Crippen molar-refractivity contribution < 1.29 is 9.18 Å². The van der Waals surface area contributed by atoms with E-state index in [1.54, 1.807) is 12.1 Å². The Hall–Kier alpha value is -1.76. The zero-order valence-corrected chi connectivity index (χ0v) is 13.9. The van der Waals surface area contributed by atoms with E-state index in [0.717, 1.165) is 15.6 Å². The number of nitrogens with one attached hydrogen (secondary N) is 3. The standard InChI is InChI=1S/C17H17BrFN3O/c18-13-5-1-11(2-6-13)10-20-17(23)16-9-15(21-22-16)12-3-7-14(19)8-4-12/h1-8,15-16,21-22H,9-10H2,(H,20,23). The van der Waals surface area contributed by atoms with Gasteiger partial charge in [0, 0.05) is 17.1 Å². The third-order valence-electron chi connectivity index (χ3n) is 3.87. The first-order valence-electron chi connectivity index (χ1n) is 7.40. The van der Waals surface area contributed by atoms with Crippen molar-refractivity contribution >= 4 is 21.8 Å². The van der Waals surface area contributed by atoms with Gasteiger partial charge in [-0.15, -0.1) is 0 Å². The number of carbonyl (C=O) groups excluding carboxylic acids is 1. The molecule has 1 saturated heterocycles. The van der Waals surface area contributed by atoms with Crippen LogP contribution in [0.4, 0.5) is 4.39 Å². The van der Waals surface area contributed by atoms with Gasteiger partial charge in [0.05, 0.1) is 0 Å². The highest BCUT2D eigenvalue weighted by Gasteiger charge is 2.29.